The van der Waals surface area contributed by atoms with E-state index in [0.717, 1.165) is 72.7 Å². The lowest BCUT2D eigenvalue weighted by atomic mass is 10.3. The summed E-state index contributed by atoms with van der Waals surface area (Å²) in [6.07, 6.45) is 7.43. The van der Waals surface area contributed by atoms with Gasteiger partial charge in [-0.3, -0.25) is 14.8 Å². The Hall–Kier alpha value is -3.73. The van der Waals surface area contributed by atoms with Gasteiger partial charge in [0.05, 0.1) is 17.1 Å². The summed E-state index contributed by atoms with van der Waals surface area (Å²) in [4.78, 5) is 32.9. The van der Waals surface area contributed by atoms with Crippen molar-refractivity contribution in [1.29, 1.82) is 0 Å². The molecule has 2 N–H and O–H groups in total. The fourth-order valence-electron chi connectivity index (χ4n) is 3.97. The SMILES string of the molecule is O=c1[nH]c(O)c(/C=c2/cnn3c(=NC4CC4)cc(N4CCN(c5ccccn5)CC4)nc23)s1. The Morgan fingerprint density at radius 3 is 2.61 bits per heavy atom. The maximum atomic E-state index is 11.6. The van der Waals surface area contributed by atoms with Crippen LogP contribution in [0, 0.1) is 0 Å². The van der Waals surface area contributed by atoms with Crippen molar-refractivity contribution >= 4 is 34.7 Å². The van der Waals surface area contributed by atoms with E-state index in [9.17, 15) is 9.90 Å². The van der Waals surface area contributed by atoms with Crippen LogP contribution >= 0.6 is 11.3 Å². The number of hydrogen-bond acceptors (Lipinski definition) is 9. The topological polar surface area (TPSA) is 115 Å². The molecule has 0 aromatic carbocycles. The zero-order valence-electron chi connectivity index (χ0n) is 17.8. The highest BCUT2D eigenvalue weighted by molar-refractivity contribution is 7.10. The molecule has 5 heterocycles. The van der Waals surface area contributed by atoms with Crippen LogP contribution in [0.25, 0.3) is 11.7 Å². The third-order valence-electron chi connectivity index (χ3n) is 5.85. The monoisotopic (exact) mass is 462 g/mol. The lowest BCUT2D eigenvalue weighted by Gasteiger charge is -2.36. The Bertz CT molecular complexity index is 1480. The second kappa shape index (κ2) is 8.00. The highest BCUT2D eigenvalue weighted by Gasteiger charge is 2.22. The van der Waals surface area contributed by atoms with Crippen LogP contribution < -0.4 is 25.4 Å². The molecule has 0 amide bonds. The van der Waals surface area contributed by atoms with Gasteiger partial charge in [-0.1, -0.05) is 17.4 Å². The zero-order valence-corrected chi connectivity index (χ0v) is 18.6. The number of piperazine rings is 1. The van der Waals surface area contributed by atoms with Crippen LogP contribution in [0.1, 0.15) is 17.7 Å². The summed E-state index contributed by atoms with van der Waals surface area (Å²) in [7, 11) is 0. The van der Waals surface area contributed by atoms with Crippen LogP contribution in [0.15, 0.2) is 46.4 Å². The summed E-state index contributed by atoms with van der Waals surface area (Å²) in [5.74, 6) is 1.70. The van der Waals surface area contributed by atoms with Crippen LogP contribution in [0.5, 0.6) is 5.88 Å². The standard InChI is InChI=1S/C22H22N8O2S/c31-21-16(33-22(32)27-21)11-14-13-24-30-19(25-15-4-5-15)12-18(26-20(14)30)29-9-7-28(8-10-29)17-3-1-2-6-23-17/h1-3,6,11-13,15,31H,4-5,7-10H2,(H,27,32)/b14-11-,25-19?. The first-order chi connectivity index (χ1) is 16.1. The molecule has 1 saturated carbocycles. The van der Waals surface area contributed by atoms with E-state index in [4.69, 9.17) is 9.98 Å². The molecule has 10 nitrogen and oxygen atoms in total. The molecular formula is C22H22N8O2S. The van der Waals surface area contributed by atoms with Crippen LogP contribution in [-0.2, 0) is 0 Å². The molecule has 2 fully saturated rings. The van der Waals surface area contributed by atoms with E-state index < -0.39 is 0 Å². The summed E-state index contributed by atoms with van der Waals surface area (Å²) < 4.78 is 1.74. The number of hydrogen-bond donors (Lipinski definition) is 2. The Morgan fingerprint density at radius 1 is 1.15 bits per heavy atom. The molecule has 1 aliphatic carbocycles. The second-order valence-electron chi connectivity index (χ2n) is 8.20. The Labute approximate surface area is 192 Å². The van der Waals surface area contributed by atoms with Crippen molar-refractivity contribution in [2.24, 2.45) is 4.99 Å². The average molecular weight is 463 g/mol. The number of nitrogens with one attached hydrogen (secondary N) is 1. The van der Waals surface area contributed by atoms with Crippen molar-refractivity contribution in [2.45, 2.75) is 18.9 Å². The van der Waals surface area contributed by atoms with Crippen molar-refractivity contribution < 1.29 is 5.11 Å². The van der Waals surface area contributed by atoms with Gasteiger partial charge in [-0.2, -0.15) is 9.61 Å². The van der Waals surface area contributed by atoms with Gasteiger partial charge in [-0.25, -0.2) is 9.97 Å². The minimum atomic E-state index is -0.306. The van der Waals surface area contributed by atoms with Gasteiger partial charge < -0.3 is 14.9 Å². The first-order valence-corrected chi connectivity index (χ1v) is 11.7. The van der Waals surface area contributed by atoms with Crippen LogP contribution in [0.4, 0.5) is 11.6 Å². The van der Waals surface area contributed by atoms with E-state index in [1.165, 1.54) is 0 Å². The molecule has 33 heavy (non-hydrogen) atoms. The van der Waals surface area contributed by atoms with Crippen LogP contribution in [0.3, 0.4) is 0 Å². The fourth-order valence-corrected chi connectivity index (χ4v) is 4.66. The molecule has 1 saturated heterocycles. The molecule has 11 heteroatoms. The normalized spacial score (nSPS) is 17.9. The highest BCUT2D eigenvalue weighted by atomic mass is 32.1. The highest BCUT2D eigenvalue weighted by Crippen LogP contribution is 2.23. The summed E-state index contributed by atoms with van der Waals surface area (Å²) in [5, 5.41) is 15.2. The Balaban J connectivity index is 1.39. The number of fused-ring (bicyclic) bond motifs is 1. The molecule has 2 aliphatic rings. The fraction of sp³-hybridized carbons (Fsp3) is 0.318. The Kier molecular flexibility index (Phi) is 4.83. The van der Waals surface area contributed by atoms with Gasteiger partial charge in [-0.15, -0.1) is 0 Å². The van der Waals surface area contributed by atoms with Crippen molar-refractivity contribution in [2.75, 3.05) is 36.0 Å². The molecule has 0 bridgehead atoms. The number of anilines is 2. The van der Waals surface area contributed by atoms with E-state index in [-0.39, 0.29) is 10.8 Å². The van der Waals surface area contributed by atoms with Crippen LogP contribution in [0.2, 0.25) is 0 Å². The third kappa shape index (κ3) is 3.95. The summed E-state index contributed by atoms with van der Waals surface area (Å²) in [6.45, 7) is 3.33. The smallest absolute Gasteiger partial charge is 0.307 e. The first-order valence-electron chi connectivity index (χ1n) is 10.9. The van der Waals surface area contributed by atoms with Gasteiger partial charge in [0.25, 0.3) is 0 Å². The minimum absolute atomic E-state index is 0.144. The number of aromatic nitrogens is 5. The van der Waals surface area contributed by atoms with Gasteiger partial charge in [0.1, 0.15) is 11.6 Å². The molecule has 168 valence electrons. The zero-order chi connectivity index (χ0) is 22.4. The number of thiazole rings is 1. The maximum Gasteiger partial charge on any atom is 0.307 e. The minimum Gasteiger partial charge on any atom is -0.493 e. The van der Waals surface area contributed by atoms with E-state index in [1.54, 1.807) is 16.8 Å². The Morgan fingerprint density at radius 2 is 1.94 bits per heavy atom. The third-order valence-corrected chi connectivity index (χ3v) is 6.67. The molecule has 4 aromatic heterocycles. The van der Waals surface area contributed by atoms with Crippen molar-refractivity contribution in [3.63, 3.8) is 0 Å². The number of H-pyrrole nitrogens is 1. The van der Waals surface area contributed by atoms with Gasteiger partial charge in [0, 0.05) is 43.7 Å². The number of rotatable bonds is 4. The number of nitrogens with zero attached hydrogens (tertiary/aromatic N) is 7. The van der Waals surface area contributed by atoms with Gasteiger partial charge in [0.2, 0.25) is 5.88 Å². The van der Waals surface area contributed by atoms with Gasteiger partial charge in [-0.05, 0) is 31.1 Å². The summed E-state index contributed by atoms with van der Waals surface area (Å²) in [6, 6.07) is 8.30. The lowest BCUT2D eigenvalue weighted by molar-refractivity contribution is 0.455. The molecule has 1 aliphatic heterocycles. The number of aromatic hydroxyl groups is 1. The maximum absolute atomic E-state index is 11.6. The predicted octanol–water partition coefficient (Wildman–Crippen LogP) is 0.517. The summed E-state index contributed by atoms with van der Waals surface area (Å²) in [5.41, 5.74) is 1.43. The molecule has 0 unspecified atom stereocenters. The van der Waals surface area contributed by atoms with Crippen molar-refractivity contribution in [3.8, 4) is 5.88 Å². The lowest BCUT2D eigenvalue weighted by Crippen LogP contribution is -2.47. The van der Waals surface area contributed by atoms with E-state index in [0.29, 0.717) is 16.6 Å². The molecule has 0 radical (unpaired) electrons. The van der Waals surface area contributed by atoms with Gasteiger partial charge >= 0.3 is 4.87 Å². The second-order valence-corrected chi connectivity index (χ2v) is 9.22. The number of pyridine rings is 1. The van der Waals surface area contributed by atoms with E-state index in [2.05, 4.69) is 24.9 Å². The molecule has 0 spiro atoms. The number of aromatic amines is 1. The van der Waals surface area contributed by atoms with E-state index in [1.807, 2.05) is 30.5 Å². The average Bonchev–Trinajstić information content (AvgIpc) is 3.47. The summed E-state index contributed by atoms with van der Waals surface area (Å²) >= 11 is 0.950. The molecule has 6 rings (SSSR count). The first kappa shape index (κ1) is 19.9. The molecule has 0 atom stereocenters. The molecular weight excluding hydrogens is 440 g/mol. The van der Waals surface area contributed by atoms with Gasteiger partial charge in [0.15, 0.2) is 11.1 Å². The quantitative estimate of drug-likeness (QED) is 0.454. The van der Waals surface area contributed by atoms with Crippen molar-refractivity contribution in [3.05, 3.63) is 61.9 Å². The predicted molar refractivity (Wildman–Crippen MR) is 126 cm³/mol. The largest absolute Gasteiger partial charge is 0.493 e. The van der Waals surface area contributed by atoms with E-state index >= 15 is 0 Å². The van der Waals surface area contributed by atoms with Crippen molar-refractivity contribution in [1.82, 2.24) is 24.6 Å². The van der Waals surface area contributed by atoms with Crippen LogP contribution in [-0.4, -0.2) is 61.9 Å². The molecule has 4 aromatic rings.